The number of carbonyl (C=O) groups excluding carboxylic acids is 1. The topological polar surface area (TPSA) is 102 Å². The molecule has 2 aliphatic rings. The highest BCUT2D eigenvalue weighted by Crippen LogP contribution is 2.38. The third-order valence-electron chi connectivity index (χ3n) is 4.08. The summed E-state index contributed by atoms with van der Waals surface area (Å²) in [7, 11) is 1.50. The summed E-state index contributed by atoms with van der Waals surface area (Å²) < 4.78 is 40.7. The Morgan fingerprint density at radius 1 is 1.04 bits per heavy atom. The number of ether oxygens (including phenoxy) is 1. The number of rotatable bonds is 2. The largest absolute Gasteiger partial charge is 0.573 e. The molecule has 0 unspecified atom stereocenters. The molecule has 0 aromatic heterocycles. The molecule has 0 spiro atoms. The van der Waals surface area contributed by atoms with Gasteiger partial charge in [-0.3, -0.25) is 9.69 Å². The maximum atomic E-state index is 12.5. The maximum absolute atomic E-state index is 12.5. The van der Waals surface area contributed by atoms with Gasteiger partial charge < -0.3 is 15.3 Å². The average Bonchev–Trinajstić information content (AvgIpc) is 2.97. The van der Waals surface area contributed by atoms with Gasteiger partial charge in [-0.05, 0) is 41.9 Å². The molecule has 2 aromatic carbocycles. The fraction of sp³-hybridized carbons (Fsp3) is 0.118. The van der Waals surface area contributed by atoms with Gasteiger partial charge in [0, 0.05) is 7.05 Å². The van der Waals surface area contributed by atoms with Crippen molar-refractivity contribution in [3.05, 3.63) is 65.8 Å². The Bertz CT molecular complexity index is 946. The molecule has 0 saturated carbocycles. The van der Waals surface area contributed by atoms with Crippen molar-refractivity contribution in [1.29, 1.82) is 0 Å². The molecule has 2 heterocycles. The third-order valence-corrected chi connectivity index (χ3v) is 4.08. The summed E-state index contributed by atoms with van der Waals surface area (Å²) >= 11 is 0. The summed E-state index contributed by atoms with van der Waals surface area (Å²) in [4.78, 5) is 13.7. The molecule has 28 heavy (non-hydrogen) atoms. The number of hydrogen-bond acceptors (Lipinski definition) is 5. The van der Waals surface area contributed by atoms with Crippen molar-refractivity contribution >= 4 is 17.3 Å². The minimum atomic E-state index is -4.79. The van der Waals surface area contributed by atoms with E-state index in [-0.39, 0.29) is 23.1 Å². The van der Waals surface area contributed by atoms with Crippen LogP contribution in [0, 0.1) is 0 Å². The number of aliphatic hydroxyl groups is 1. The van der Waals surface area contributed by atoms with Crippen LogP contribution in [0.1, 0.15) is 10.4 Å². The Morgan fingerprint density at radius 2 is 1.68 bits per heavy atom. The van der Waals surface area contributed by atoms with Crippen LogP contribution in [0.25, 0.3) is 0 Å². The van der Waals surface area contributed by atoms with E-state index in [0.29, 0.717) is 16.9 Å². The first-order valence-electron chi connectivity index (χ1n) is 7.74. The fourth-order valence-corrected chi connectivity index (χ4v) is 2.90. The summed E-state index contributed by atoms with van der Waals surface area (Å²) in [6, 6.07) is 11.6. The number of halogens is 3. The van der Waals surface area contributed by atoms with E-state index >= 15 is 0 Å². The van der Waals surface area contributed by atoms with Crippen molar-refractivity contribution in [3.63, 3.8) is 0 Å². The number of hydrogen-bond donors (Lipinski definition) is 1. The van der Waals surface area contributed by atoms with Crippen molar-refractivity contribution in [2.75, 3.05) is 17.1 Å². The SMILES string of the molecule is CN1C(=O)c2ccccc2N2[N]N(c3ccc(OC(F)(F)F)cc3)C(O)=C12.O. The molecule has 0 saturated heterocycles. The Morgan fingerprint density at radius 3 is 2.32 bits per heavy atom. The van der Waals surface area contributed by atoms with Crippen LogP contribution >= 0.6 is 0 Å². The van der Waals surface area contributed by atoms with E-state index in [1.165, 1.54) is 29.1 Å². The van der Waals surface area contributed by atoms with E-state index in [4.69, 9.17) is 0 Å². The lowest BCUT2D eigenvalue weighted by Crippen LogP contribution is -2.44. The van der Waals surface area contributed by atoms with Crippen LogP contribution in [0.2, 0.25) is 0 Å². The number of carbonyl (C=O) groups is 1. The van der Waals surface area contributed by atoms with Crippen LogP contribution < -0.4 is 20.3 Å². The summed E-state index contributed by atoms with van der Waals surface area (Å²) in [5.74, 6) is -0.888. The van der Waals surface area contributed by atoms with Gasteiger partial charge in [0.2, 0.25) is 0 Å². The second-order valence-electron chi connectivity index (χ2n) is 5.78. The Kier molecular flexibility index (Phi) is 4.57. The van der Waals surface area contributed by atoms with Crippen LogP contribution in [-0.2, 0) is 0 Å². The molecule has 1 radical (unpaired) electrons. The minimum absolute atomic E-state index is 0. The lowest BCUT2D eigenvalue weighted by atomic mass is 10.1. The summed E-state index contributed by atoms with van der Waals surface area (Å²) in [6.45, 7) is 0. The van der Waals surface area contributed by atoms with E-state index in [2.05, 4.69) is 10.3 Å². The van der Waals surface area contributed by atoms with Crippen LogP contribution in [0.5, 0.6) is 5.75 Å². The van der Waals surface area contributed by atoms with Gasteiger partial charge in [-0.15, -0.1) is 13.2 Å². The second-order valence-corrected chi connectivity index (χ2v) is 5.78. The first-order chi connectivity index (χ1) is 12.8. The van der Waals surface area contributed by atoms with Crippen molar-refractivity contribution in [3.8, 4) is 5.75 Å². The van der Waals surface area contributed by atoms with Crippen LogP contribution in [0.3, 0.4) is 0 Å². The van der Waals surface area contributed by atoms with Crippen LogP contribution in [0.15, 0.2) is 60.2 Å². The predicted molar refractivity (Wildman–Crippen MR) is 92.0 cm³/mol. The van der Waals surface area contributed by atoms with E-state index in [1.807, 2.05) is 0 Å². The van der Waals surface area contributed by atoms with Crippen molar-refractivity contribution < 1.29 is 33.3 Å². The zero-order valence-corrected chi connectivity index (χ0v) is 14.3. The number of fused-ring (bicyclic) bond motifs is 3. The molecule has 0 bridgehead atoms. The second kappa shape index (κ2) is 6.62. The molecule has 2 aromatic rings. The maximum Gasteiger partial charge on any atom is 0.573 e. The van der Waals surface area contributed by atoms with Crippen molar-refractivity contribution in [2.24, 2.45) is 0 Å². The van der Waals surface area contributed by atoms with E-state index in [0.717, 1.165) is 17.1 Å². The molecule has 147 valence electrons. The number of benzene rings is 2. The van der Waals surface area contributed by atoms with Gasteiger partial charge in [-0.1, -0.05) is 12.1 Å². The lowest BCUT2D eigenvalue weighted by molar-refractivity contribution is -0.274. The number of alkyl halides is 3. The quantitative estimate of drug-likeness (QED) is 0.841. The highest BCUT2D eigenvalue weighted by Gasteiger charge is 2.42. The van der Waals surface area contributed by atoms with Gasteiger partial charge in [-0.2, -0.15) is 0 Å². The molecule has 0 aliphatic carbocycles. The molecule has 0 fully saturated rings. The predicted octanol–water partition coefficient (Wildman–Crippen LogP) is 2.29. The number of amides is 1. The molecule has 4 rings (SSSR count). The monoisotopic (exact) mass is 395 g/mol. The summed E-state index contributed by atoms with van der Waals surface area (Å²) in [5.41, 5.74) is 5.47. The Labute approximate surface area is 156 Å². The van der Waals surface area contributed by atoms with Gasteiger partial charge in [0.1, 0.15) is 5.75 Å². The zero-order valence-electron chi connectivity index (χ0n) is 14.3. The minimum Gasteiger partial charge on any atom is -0.491 e. The molecule has 3 N–H and O–H groups in total. The Hall–Kier alpha value is -3.44. The number of aliphatic hydroxyl groups excluding tert-OH is 1. The third kappa shape index (κ3) is 3.06. The van der Waals surface area contributed by atoms with Crippen LogP contribution in [0.4, 0.5) is 24.5 Å². The van der Waals surface area contributed by atoms with E-state index in [9.17, 15) is 23.1 Å². The van der Waals surface area contributed by atoms with Gasteiger partial charge in [-0.25, -0.2) is 10.0 Å². The molecule has 1 amide bonds. The smallest absolute Gasteiger partial charge is 0.491 e. The van der Waals surface area contributed by atoms with Crippen molar-refractivity contribution in [1.82, 2.24) is 10.4 Å². The van der Waals surface area contributed by atoms with Gasteiger partial charge in [0.15, 0.2) is 5.82 Å². The molecular weight excluding hydrogens is 381 g/mol. The lowest BCUT2D eigenvalue weighted by Gasteiger charge is -2.32. The van der Waals surface area contributed by atoms with Crippen molar-refractivity contribution in [2.45, 2.75) is 6.36 Å². The number of para-hydroxylation sites is 1. The average molecular weight is 395 g/mol. The first kappa shape index (κ1) is 19.3. The number of nitrogens with zero attached hydrogens (tertiary/aromatic N) is 4. The summed E-state index contributed by atoms with van der Waals surface area (Å²) in [6.07, 6.45) is -4.79. The van der Waals surface area contributed by atoms with Gasteiger partial charge in [0.05, 0.1) is 16.9 Å². The Balaban J connectivity index is 0.00000225. The van der Waals surface area contributed by atoms with Gasteiger partial charge in [0.25, 0.3) is 11.8 Å². The molecule has 0 atom stereocenters. The molecular formula is C17H14F3N4O4. The van der Waals surface area contributed by atoms with E-state index in [1.54, 1.807) is 24.3 Å². The summed E-state index contributed by atoms with van der Waals surface area (Å²) in [5, 5.41) is 13.1. The number of anilines is 2. The fourth-order valence-electron chi connectivity index (χ4n) is 2.90. The highest BCUT2D eigenvalue weighted by atomic mass is 19.4. The molecule has 8 nitrogen and oxygen atoms in total. The normalized spacial score (nSPS) is 16.0. The van der Waals surface area contributed by atoms with Crippen LogP contribution in [-0.4, -0.2) is 34.8 Å². The van der Waals surface area contributed by atoms with Gasteiger partial charge >= 0.3 is 6.36 Å². The molecule has 11 heteroatoms. The highest BCUT2D eigenvalue weighted by molar-refractivity contribution is 6.03. The zero-order chi connectivity index (χ0) is 19.3. The standard InChI is InChI=1S/C17H12F3N4O3.H2O/c1-22-14-16(26)23(10-6-8-11(9-7-10)27-17(18,19)20)21-24(14)13-5-3-2-4-12(13)15(22)25;/h2-9,26H,1H3;1H2. The molecule has 2 aliphatic heterocycles. The first-order valence-corrected chi connectivity index (χ1v) is 7.74. The van der Waals surface area contributed by atoms with E-state index < -0.39 is 12.1 Å².